The first-order chi connectivity index (χ1) is 15.2. The van der Waals surface area contributed by atoms with Crippen LogP contribution in [0.1, 0.15) is 31.2 Å². The third-order valence-electron chi connectivity index (χ3n) is 5.45. The standard InChI is InChI=1S/C22H24Cl2N2O5S/c23-15-11-16(24)13-17(12-15)32(30,31)26-20(10-14-6-2-1-3-7-14)21(27)25-19-9-5-4-8-18(19)22(28)29/h1-3,6-7,11-13,18-20,26H,4-5,8-10H2,(H,25,27)(H,28,29)/t18?,19?,20-/m0/s1. The summed E-state index contributed by atoms with van der Waals surface area (Å²) in [7, 11) is -4.14. The average Bonchev–Trinajstić information content (AvgIpc) is 2.73. The van der Waals surface area contributed by atoms with Gasteiger partial charge in [-0.25, -0.2) is 8.42 Å². The number of carbonyl (C=O) groups excluding carboxylic acids is 1. The number of rotatable bonds is 8. The van der Waals surface area contributed by atoms with Crippen LogP contribution in [0.3, 0.4) is 0 Å². The summed E-state index contributed by atoms with van der Waals surface area (Å²) in [5.74, 6) is -2.25. The molecule has 1 aliphatic carbocycles. The Morgan fingerprint density at radius 2 is 1.66 bits per heavy atom. The maximum Gasteiger partial charge on any atom is 0.308 e. The van der Waals surface area contributed by atoms with Gasteiger partial charge >= 0.3 is 5.97 Å². The number of benzene rings is 2. The summed E-state index contributed by atoms with van der Waals surface area (Å²) < 4.78 is 28.4. The summed E-state index contributed by atoms with van der Waals surface area (Å²) in [6, 6.07) is 11.1. The highest BCUT2D eigenvalue weighted by Crippen LogP contribution is 2.25. The van der Waals surface area contributed by atoms with E-state index in [-0.39, 0.29) is 21.4 Å². The molecule has 172 valence electrons. The van der Waals surface area contributed by atoms with Crippen molar-refractivity contribution >= 4 is 45.1 Å². The number of carboxylic acids is 1. The Kier molecular flexibility index (Phi) is 8.16. The third kappa shape index (κ3) is 6.45. The van der Waals surface area contributed by atoms with Crippen molar-refractivity contribution in [2.75, 3.05) is 0 Å². The lowest BCUT2D eigenvalue weighted by molar-refractivity contribution is -0.144. The summed E-state index contributed by atoms with van der Waals surface area (Å²) in [6.45, 7) is 0. The van der Waals surface area contributed by atoms with Gasteiger partial charge in [0, 0.05) is 16.1 Å². The number of amides is 1. The first-order valence-corrected chi connectivity index (χ1v) is 12.4. The smallest absolute Gasteiger partial charge is 0.308 e. The van der Waals surface area contributed by atoms with Gasteiger partial charge in [-0.2, -0.15) is 4.72 Å². The molecule has 10 heteroatoms. The van der Waals surface area contributed by atoms with Gasteiger partial charge in [-0.3, -0.25) is 9.59 Å². The average molecular weight is 499 g/mol. The van der Waals surface area contributed by atoms with Crippen LogP contribution < -0.4 is 10.0 Å². The number of aliphatic carboxylic acids is 1. The Bertz CT molecular complexity index is 1060. The second-order valence-electron chi connectivity index (χ2n) is 7.81. The Morgan fingerprint density at radius 3 is 2.28 bits per heavy atom. The second-order valence-corrected chi connectivity index (χ2v) is 10.4. The van der Waals surface area contributed by atoms with Crippen molar-refractivity contribution in [3.63, 3.8) is 0 Å². The topological polar surface area (TPSA) is 113 Å². The van der Waals surface area contributed by atoms with E-state index in [2.05, 4.69) is 10.0 Å². The highest BCUT2D eigenvalue weighted by molar-refractivity contribution is 7.89. The lowest BCUT2D eigenvalue weighted by atomic mass is 9.84. The summed E-state index contributed by atoms with van der Waals surface area (Å²) >= 11 is 11.9. The molecule has 2 aromatic carbocycles. The van der Waals surface area contributed by atoms with E-state index in [4.69, 9.17) is 23.2 Å². The zero-order valence-corrected chi connectivity index (χ0v) is 19.5. The van der Waals surface area contributed by atoms with Crippen LogP contribution in [0.2, 0.25) is 10.0 Å². The molecule has 2 unspecified atom stereocenters. The van der Waals surface area contributed by atoms with Crippen molar-refractivity contribution < 1.29 is 23.1 Å². The van der Waals surface area contributed by atoms with E-state index >= 15 is 0 Å². The fourth-order valence-corrected chi connectivity index (χ4v) is 5.78. The predicted octanol–water partition coefficient (Wildman–Crippen LogP) is 3.64. The van der Waals surface area contributed by atoms with Gasteiger partial charge in [-0.05, 0) is 43.0 Å². The Labute approximate surface area is 197 Å². The van der Waals surface area contributed by atoms with Crippen LogP contribution in [0.4, 0.5) is 0 Å². The van der Waals surface area contributed by atoms with Gasteiger partial charge in [0.2, 0.25) is 15.9 Å². The molecule has 3 rings (SSSR count). The van der Waals surface area contributed by atoms with E-state index in [9.17, 15) is 23.1 Å². The maximum atomic E-state index is 13.1. The quantitative estimate of drug-likeness (QED) is 0.514. The molecule has 0 saturated heterocycles. The monoisotopic (exact) mass is 498 g/mol. The molecule has 0 radical (unpaired) electrons. The second kappa shape index (κ2) is 10.7. The predicted molar refractivity (Wildman–Crippen MR) is 122 cm³/mol. The van der Waals surface area contributed by atoms with Crippen LogP contribution in [-0.4, -0.2) is 37.5 Å². The maximum absolute atomic E-state index is 13.1. The molecule has 2 aromatic rings. The van der Waals surface area contributed by atoms with Gasteiger partial charge in [-0.15, -0.1) is 0 Å². The van der Waals surface area contributed by atoms with Crippen LogP contribution in [0.5, 0.6) is 0 Å². The fraction of sp³-hybridized carbons (Fsp3) is 0.364. The Balaban J connectivity index is 1.86. The molecule has 7 nitrogen and oxygen atoms in total. The minimum atomic E-state index is -4.14. The van der Waals surface area contributed by atoms with Crippen LogP contribution in [-0.2, 0) is 26.0 Å². The molecule has 0 heterocycles. The van der Waals surface area contributed by atoms with Crippen LogP contribution in [0, 0.1) is 5.92 Å². The van der Waals surface area contributed by atoms with E-state index < -0.39 is 39.9 Å². The van der Waals surface area contributed by atoms with E-state index in [0.29, 0.717) is 12.8 Å². The van der Waals surface area contributed by atoms with Gasteiger partial charge in [0.25, 0.3) is 0 Å². The highest BCUT2D eigenvalue weighted by atomic mass is 35.5. The van der Waals surface area contributed by atoms with Crippen molar-refractivity contribution in [3.05, 3.63) is 64.1 Å². The summed E-state index contributed by atoms with van der Waals surface area (Å²) in [5.41, 5.74) is 0.748. The highest BCUT2D eigenvalue weighted by Gasteiger charge is 2.34. The number of sulfonamides is 1. The van der Waals surface area contributed by atoms with Crippen molar-refractivity contribution in [2.45, 2.75) is 49.1 Å². The number of nitrogens with one attached hydrogen (secondary N) is 2. The van der Waals surface area contributed by atoms with Crippen LogP contribution in [0.25, 0.3) is 0 Å². The molecule has 1 aliphatic rings. The number of hydrogen-bond acceptors (Lipinski definition) is 4. The number of carbonyl (C=O) groups is 2. The number of carboxylic acid groups (broad SMARTS) is 1. The molecule has 3 N–H and O–H groups in total. The molecule has 0 aliphatic heterocycles. The van der Waals surface area contributed by atoms with Gasteiger partial charge in [0.1, 0.15) is 6.04 Å². The minimum Gasteiger partial charge on any atom is -0.481 e. The Hall–Kier alpha value is -2.13. The summed E-state index contributed by atoms with van der Waals surface area (Å²) in [5, 5.41) is 12.6. The Morgan fingerprint density at radius 1 is 1.03 bits per heavy atom. The number of halogens is 2. The first-order valence-electron chi connectivity index (χ1n) is 10.2. The van der Waals surface area contributed by atoms with Gasteiger partial charge < -0.3 is 10.4 Å². The molecule has 1 fully saturated rings. The van der Waals surface area contributed by atoms with E-state index in [1.807, 2.05) is 6.07 Å². The van der Waals surface area contributed by atoms with Crippen LogP contribution >= 0.6 is 23.2 Å². The third-order valence-corrected chi connectivity index (χ3v) is 7.34. The fourth-order valence-electron chi connectivity index (χ4n) is 3.86. The van der Waals surface area contributed by atoms with Gasteiger partial charge in [0.05, 0.1) is 10.8 Å². The SMILES string of the molecule is O=C(O)C1CCCCC1NC(=O)[C@H](Cc1ccccc1)NS(=O)(=O)c1cc(Cl)cc(Cl)c1. The largest absolute Gasteiger partial charge is 0.481 e. The summed E-state index contributed by atoms with van der Waals surface area (Å²) in [4.78, 5) is 24.6. The molecular formula is C22H24Cl2N2O5S. The lowest BCUT2D eigenvalue weighted by Gasteiger charge is -2.31. The van der Waals surface area contributed by atoms with Crippen molar-refractivity contribution in [1.29, 1.82) is 0 Å². The van der Waals surface area contributed by atoms with E-state index in [1.54, 1.807) is 24.3 Å². The zero-order chi connectivity index (χ0) is 23.3. The molecule has 0 bridgehead atoms. The molecule has 1 amide bonds. The lowest BCUT2D eigenvalue weighted by Crippen LogP contribution is -2.53. The van der Waals surface area contributed by atoms with Gasteiger partial charge in [-0.1, -0.05) is 66.4 Å². The molecule has 0 aromatic heterocycles. The van der Waals surface area contributed by atoms with E-state index in [0.717, 1.165) is 18.4 Å². The normalized spacial score (nSPS) is 19.8. The van der Waals surface area contributed by atoms with Crippen molar-refractivity contribution in [1.82, 2.24) is 10.0 Å². The first kappa shape index (κ1) is 24.5. The van der Waals surface area contributed by atoms with Gasteiger partial charge in [0.15, 0.2) is 0 Å². The molecular weight excluding hydrogens is 475 g/mol. The molecule has 1 saturated carbocycles. The number of hydrogen-bond donors (Lipinski definition) is 3. The molecule has 3 atom stereocenters. The van der Waals surface area contributed by atoms with Crippen LogP contribution in [0.15, 0.2) is 53.4 Å². The van der Waals surface area contributed by atoms with E-state index in [1.165, 1.54) is 18.2 Å². The molecule has 32 heavy (non-hydrogen) atoms. The van der Waals surface area contributed by atoms with Crippen molar-refractivity contribution in [2.24, 2.45) is 5.92 Å². The molecule has 0 spiro atoms. The summed E-state index contributed by atoms with van der Waals surface area (Å²) in [6.07, 6.45) is 2.65. The zero-order valence-electron chi connectivity index (χ0n) is 17.1. The van der Waals surface area contributed by atoms with Crippen molar-refractivity contribution in [3.8, 4) is 0 Å². The minimum absolute atomic E-state index is 0.0880.